The predicted octanol–water partition coefficient (Wildman–Crippen LogP) is 2.34. The van der Waals surface area contributed by atoms with Crippen LogP contribution in [0.2, 0.25) is 0 Å². The number of carbonyl (C=O) groups is 2. The molecule has 0 aromatic carbocycles. The highest BCUT2D eigenvalue weighted by molar-refractivity contribution is 6.12. The van der Waals surface area contributed by atoms with Gasteiger partial charge in [-0.1, -0.05) is 32.4 Å². The molecule has 5 heteroatoms. The van der Waals surface area contributed by atoms with E-state index in [-0.39, 0.29) is 47.6 Å². The van der Waals surface area contributed by atoms with Crippen molar-refractivity contribution in [2.75, 3.05) is 13.2 Å². The van der Waals surface area contributed by atoms with E-state index in [2.05, 4.69) is 20.4 Å². The van der Waals surface area contributed by atoms with Gasteiger partial charge in [-0.3, -0.25) is 9.59 Å². The van der Waals surface area contributed by atoms with Gasteiger partial charge in [0.25, 0.3) is 0 Å². The summed E-state index contributed by atoms with van der Waals surface area (Å²) in [7, 11) is 0. The van der Waals surface area contributed by atoms with Crippen LogP contribution in [-0.4, -0.2) is 45.7 Å². The van der Waals surface area contributed by atoms with Gasteiger partial charge in [0.2, 0.25) is 0 Å². The predicted molar refractivity (Wildman–Crippen MR) is 102 cm³/mol. The van der Waals surface area contributed by atoms with Crippen molar-refractivity contribution in [3.05, 3.63) is 23.8 Å². The van der Waals surface area contributed by atoms with Crippen molar-refractivity contribution in [3.63, 3.8) is 0 Å². The van der Waals surface area contributed by atoms with Crippen molar-refractivity contribution in [3.8, 4) is 0 Å². The molecule has 0 radical (unpaired) electrons. The van der Waals surface area contributed by atoms with Crippen LogP contribution < -0.4 is 0 Å². The Morgan fingerprint density at radius 3 is 2.56 bits per heavy atom. The first-order valence-electron chi connectivity index (χ1n) is 9.99. The summed E-state index contributed by atoms with van der Waals surface area (Å²) in [6.45, 7) is 8.25. The van der Waals surface area contributed by atoms with Crippen molar-refractivity contribution < 1.29 is 24.9 Å². The normalized spacial score (nSPS) is 42.7. The number of hydrogen-bond donors (Lipinski definition) is 3. The van der Waals surface area contributed by atoms with Crippen LogP contribution in [0.15, 0.2) is 23.8 Å². The van der Waals surface area contributed by atoms with Crippen LogP contribution in [0.1, 0.15) is 58.8 Å². The number of hydrogen-bond acceptors (Lipinski definition) is 5. The first-order chi connectivity index (χ1) is 12.6. The number of aliphatic hydroxyl groups excluding tert-OH is 2. The fourth-order valence-corrected chi connectivity index (χ4v) is 6.13. The van der Waals surface area contributed by atoms with Gasteiger partial charge in [-0.2, -0.15) is 0 Å². The van der Waals surface area contributed by atoms with E-state index in [1.54, 1.807) is 0 Å². The Morgan fingerprint density at radius 2 is 1.93 bits per heavy atom. The molecule has 0 aliphatic heterocycles. The molecule has 3 rings (SSSR count). The summed E-state index contributed by atoms with van der Waals surface area (Å²) in [5.41, 5.74) is -0.958. The number of Topliss-reactive ketones (excluding diaryl/α,β-unsaturated/α-hetero) is 1. The molecule has 3 N–H and O–H groups in total. The van der Waals surface area contributed by atoms with Crippen molar-refractivity contribution in [1.82, 2.24) is 0 Å². The highest BCUT2D eigenvalue weighted by Gasteiger charge is 2.56. The molecule has 0 bridgehead atoms. The molecular formula is C22H32O5. The molecule has 3 aliphatic rings. The molecule has 5 atom stereocenters. The molecule has 150 valence electrons. The summed E-state index contributed by atoms with van der Waals surface area (Å²) in [5.74, 6) is -0.647. The third kappa shape index (κ3) is 3.24. The van der Waals surface area contributed by atoms with Crippen LogP contribution in [0, 0.1) is 22.7 Å². The summed E-state index contributed by atoms with van der Waals surface area (Å²) in [6, 6.07) is 0. The number of rotatable bonds is 4. The number of ketones is 2. The van der Waals surface area contributed by atoms with E-state index in [1.807, 2.05) is 0 Å². The van der Waals surface area contributed by atoms with Crippen LogP contribution in [0.4, 0.5) is 0 Å². The molecule has 5 unspecified atom stereocenters. The largest absolute Gasteiger partial charge is 0.396 e. The van der Waals surface area contributed by atoms with E-state index >= 15 is 0 Å². The quantitative estimate of drug-likeness (QED) is 0.655. The molecule has 0 aromatic heterocycles. The minimum atomic E-state index is -1.73. The summed E-state index contributed by atoms with van der Waals surface area (Å²) in [6.07, 6.45) is 5.73. The molecule has 0 saturated heterocycles. The first kappa shape index (κ1) is 20.4. The maximum absolute atomic E-state index is 12.6. The zero-order chi connectivity index (χ0) is 20.0. The van der Waals surface area contributed by atoms with Gasteiger partial charge in [0.05, 0.1) is 6.61 Å². The molecular weight excluding hydrogens is 344 g/mol. The van der Waals surface area contributed by atoms with Gasteiger partial charge in [-0.15, -0.1) is 0 Å². The molecule has 0 spiro atoms. The van der Waals surface area contributed by atoms with Crippen LogP contribution >= 0.6 is 0 Å². The molecule has 5 nitrogen and oxygen atoms in total. The smallest absolute Gasteiger partial charge is 0.188 e. The van der Waals surface area contributed by atoms with E-state index in [4.69, 9.17) is 0 Å². The average Bonchev–Trinajstić information content (AvgIpc) is 2.61. The monoisotopic (exact) mass is 376 g/mol. The van der Waals surface area contributed by atoms with Gasteiger partial charge in [0, 0.05) is 18.6 Å². The van der Waals surface area contributed by atoms with Crippen LogP contribution in [-0.2, 0) is 9.59 Å². The Kier molecular flexibility index (Phi) is 5.26. The Balaban J connectivity index is 1.93. The summed E-state index contributed by atoms with van der Waals surface area (Å²) in [5, 5.41) is 30.4. The van der Waals surface area contributed by atoms with Crippen molar-refractivity contribution in [2.45, 2.75) is 64.4 Å². The molecule has 2 saturated carbocycles. The molecule has 0 amide bonds. The lowest BCUT2D eigenvalue weighted by molar-refractivity contribution is -0.146. The topological polar surface area (TPSA) is 94.8 Å². The molecule has 27 heavy (non-hydrogen) atoms. The summed E-state index contributed by atoms with van der Waals surface area (Å²) >= 11 is 0. The molecule has 0 heterocycles. The number of allylic oxidation sites excluding steroid dienone is 1. The molecule has 0 aromatic rings. The fourth-order valence-electron chi connectivity index (χ4n) is 6.13. The lowest BCUT2D eigenvalue weighted by Gasteiger charge is -2.59. The van der Waals surface area contributed by atoms with Gasteiger partial charge in [0.15, 0.2) is 11.6 Å². The second-order valence-electron chi connectivity index (χ2n) is 9.50. The van der Waals surface area contributed by atoms with Crippen molar-refractivity contribution in [2.24, 2.45) is 22.7 Å². The lowest BCUT2D eigenvalue weighted by Crippen LogP contribution is -2.55. The van der Waals surface area contributed by atoms with E-state index < -0.39 is 18.0 Å². The third-order valence-corrected chi connectivity index (χ3v) is 7.79. The lowest BCUT2D eigenvalue weighted by atomic mass is 9.46. The summed E-state index contributed by atoms with van der Waals surface area (Å²) < 4.78 is 0. The standard InChI is InChI=1S/C22H32O5/c1-14-5-6-18-20(2,13-24)7-4-8-21(18,3)16(14)10-22(27)11-17(25)15(12-23)9-19(22)26/h9,16,18,23-24,27H,1,4-8,10-13H2,2-3H3. The minimum Gasteiger partial charge on any atom is -0.396 e. The van der Waals surface area contributed by atoms with E-state index in [9.17, 15) is 24.9 Å². The molecule has 2 fully saturated rings. The van der Waals surface area contributed by atoms with Gasteiger partial charge >= 0.3 is 0 Å². The van der Waals surface area contributed by atoms with Crippen LogP contribution in [0.3, 0.4) is 0 Å². The molecule has 3 aliphatic carbocycles. The number of aliphatic hydroxyl groups is 3. The average molecular weight is 376 g/mol. The Labute approximate surface area is 161 Å². The van der Waals surface area contributed by atoms with Crippen LogP contribution in [0.5, 0.6) is 0 Å². The zero-order valence-electron chi connectivity index (χ0n) is 16.5. The van der Waals surface area contributed by atoms with Gasteiger partial charge < -0.3 is 15.3 Å². The van der Waals surface area contributed by atoms with Gasteiger partial charge in [-0.05, 0) is 60.8 Å². The number of carbonyl (C=O) groups excluding carboxylic acids is 2. The van der Waals surface area contributed by atoms with E-state index in [0.717, 1.165) is 43.8 Å². The Morgan fingerprint density at radius 1 is 1.22 bits per heavy atom. The summed E-state index contributed by atoms with van der Waals surface area (Å²) in [4.78, 5) is 24.8. The minimum absolute atomic E-state index is 0.0711. The maximum Gasteiger partial charge on any atom is 0.188 e. The van der Waals surface area contributed by atoms with Crippen molar-refractivity contribution in [1.29, 1.82) is 0 Å². The SMILES string of the molecule is C=C1CCC2C(C)(CO)CCCC2(C)C1CC1(O)CC(=O)C(CO)=CC1=O. The van der Waals surface area contributed by atoms with Gasteiger partial charge in [-0.25, -0.2) is 0 Å². The second kappa shape index (κ2) is 6.94. The Hall–Kier alpha value is -1.30. The zero-order valence-corrected chi connectivity index (χ0v) is 16.5. The van der Waals surface area contributed by atoms with E-state index in [0.29, 0.717) is 5.92 Å². The van der Waals surface area contributed by atoms with Crippen molar-refractivity contribution >= 4 is 11.6 Å². The second-order valence-corrected chi connectivity index (χ2v) is 9.50. The Bertz CT molecular complexity index is 695. The fraction of sp³-hybridized carbons (Fsp3) is 0.727. The van der Waals surface area contributed by atoms with Crippen LogP contribution in [0.25, 0.3) is 0 Å². The first-order valence-corrected chi connectivity index (χ1v) is 9.99. The maximum atomic E-state index is 12.6. The van der Waals surface area contributed by atoms with Gasteiger partial charge in [0.1, 0.15) is 5.60 Å². The highest BCUT2D eigenvalue weighted by atomic mass is 16.3. The van der Waals surface area contributed by atoms with E-state index in [1.165, 1.54) is 0 Å². The highest BCUT2D eigenvalue weighted by Crippen LogP contribution is 2.62. The number of fused-ring (bicyclic) bond motifs is 1. The third-order valence-electron chi connectivity index (χ3n) is 7.79.